The highest BCUT2D eigenvalue weighted by Crippen LogP contribution is 2.23. The van der Waals surface area contributed by atoms with Crippen molar-refractivity contribution in [3.8, 4) is 0 Å². The number of hydrogen-bond acceptors (Lipinski definition) is 8. The average Bonchev–Trinajstić information content (AvgIpc) is 3.32. The lowest BCUT2D eigenvalue weighted by atomic mass is 9.99. The molecule has 0 aromatic heterocycles. The monoisotopic (exact) mass is 940 g/mol. The minimum Gasteiger partial charge on any atom is -0.394 e. The van der Waals surface area contributed by atoms with Crippen LogP contribution in [-0.2, 0) is 14.3 Å². The summed E-state index contributed by atoms with van der Waals surface area (Å²) in [5.74, 6) is -0.138. The maximum absolute atomic E-state index is 13.0. The van der Waals surface area contributed by atoms with Crippen LogP contribution >= 0.6 is 0 Å². The van der Waals surface area contributed by atoms with Gasteiger partial charge in [0.1, 0.15) is 24.4 Å². The first-order valence-electron chi connectivity index (χ1n) is 29.2. The Morgan fingerprint density at radius 3 is 1.08 bits per heavy atom. The van der Waals surface area contributed by atoms with Crippen LogP contribution in [0.15, 0.2) is 0 Å². The van der Waals surface area contributed by atoms with E-state index in [4.69, 9.17) is 9.47 Å². The summed E-state index contributed by atoms with van der Waals surface area (Å²) in [4.78, 5) is 13.0. The van der Waals surface area contributed by atoms with E-state index < -0.39 is 49.5 Å². The molecule has 1 rings (SSSR count). The molecule has 0 spiro atoms. The lowest BCUT2D eigenvalue weighted by Crippen LogP contribution is -2.60. The van der Waals surface area contributed by atoms with E-state index in [1.54, 1.807) is 0 Å². The van der Waals surface area contributed by atoms with Gasteiger partial charge in [0.15, 0.2) is 6.29 Å². The Balaban J connectivity index is 2.13. The maximum Gasteiger partial charge on any atom is 0.220 e. The summed E-state index contributed by atoms with van der Waals surface area (Å²) in [6.45, 7) is 3.88. The van der Waals surface area contributed by atoms with E-state index in [-0.39, 0.29) is 12.5 Å². The van der Waals surface area contributed by atoms with Gasteiger partial charge in [-0.25, -0.2) is 0 Å². The fourth-order valence-corrected chi connectivity index (χ4v) is 9.81. The molecule has 0 saturated carbocycles. The molecule has 1 heterocycles. The van der Waals surface area contributed by atoms with E-state index in [0.717, 1.165) is 38.5 Å². The first kappa shape index (κ1) is 63.2. The van der Waals surface area contributed by atoms with Crippen LogP contribution in [0.25, 0.3) is 0 Å². The summed E-state index contributed by atoms with van der Waals surface area (Å²) in [5.41, 5.74) is 0. The highest BCUT2D eigenvalue weighted by Gasteiger charge is 2.44. The SMILES string of the molecule is CCCCCCCCCCCCCCCCCCCCCCCCCCCCCCCC(O)C(COC1OC(CO)C(O)C(O)C1O)NC(=O)CCCCCCCCCCCCCCCC. The molecule has 7 unspecified atom stereocenters. The van der Waals surface area contributed by atoms with E-state index in [2.05, 4.69) is 19.2 Å². The highest BCUT2D eigenvalue weighted by molar-refractivity contribution is 5.76. The van der Waals surface area contributed by atoms with Gasteiger partial charge >= 0.3 is 0 Å². The lowest BCUT2D eigenvalue weighted by Gasteiger charge is -2.40. The Labute approximate surface area is 408 Å². The first-order valence-corrected chi connectivity index (χ1v) is 29.2. The van der Waals surface area contributed by atoms with Crippen molar-refractivity contribution in [2.75, 3.05) is 13.2 Å². The molecule has 1 aliphatic heterocycles. The highest BCUT2D eigenvalue weighted by atomic mass is 16.7. The second-order valence-corrected chi connectivity index (χ2v) is 20.8. The summed E-state index contributed by atoms with van der Waals surface area (Å²) < 4.78 is 11.3. The summed E-state index contributed by atoms with van der Waals surface area (Å²) >= 11 is 0. The van der Waals surface area contributed by atoms with Crippen LogP contribution in [-0.4, -0.2) is 87.5 Å². The zero-order valence-electron chi connectivity index (χ0n) is 43.7. The molecule has 9 nitrogen and oxygen atoms in total. The summed E-state index contributed by atoms with van der Waals surface area (Å²) in [7, 11) is 0. The van der Waals surface area contributed by atoms with Gasteiger partial charge in [-0.15, -0.1) is 0 Å². The molecule has 0 aliphatic carbocycles. The van der Waals surface area contributed by atoms with Crippen molar-refractivity contribution < 1.29 is 39.8 Å². The molecule has 0 aromatic rings. The molecule has 7 atom stereocenters. The minimum atomic E-state index is -1.55. The molecular weight excluding hydrogens is 827 g/mol. The van der Waals surface area contributed by atoms with Crippen molar-refractivity contribution in [1.29, 1.82) is 0 Å². The number of aliphatic hydroxyl groups is 5. The topological polar surface area (TPSA) is 149 Å². The standard InChI is InChI=1S/C57H113NO8/c1-3-5-7-9-11-13-15-17-19-20-21-22-23-24-25-26-27-28-29-30-31-32-33-34-36-38-40-42-44-46-51(60)50(49-65-57-56(64)55(63)54(62)52(48-59)66-57)58-53(61)47-45-43-41-39-37-35-18-16-14-12-10-8-6-4-2/h50-52,54-57,59-60,62-64H,3-49H2,1-2H3,(H,58,61). The Morgan fingerprint density at radius 2 is 0.758 bits per heavy atom. The number of hydrogen-bond donors (Lipinski definition) is 6. The minimum absolute atomic E-state index is 0.131. The predicted molar refractivity (Wildman–Crippen MR) is 277 cm³/mol. The molecule has 0 aromatic carbocycles. The fraction of sp³-hybridized carbons (Fsp3) is 0.982. The number of carbonyl (C=O) groups is 1. The van der Waals surface area contributed by atoms with Gasteiger partial charge < -0.3 is 40.3 Å². The molecule has 0 radical (unpaired) electrons. The van der Waals surface area contributed by atoms with Gasteiger partial charge in [0, 0.05) is 6.42 Å². The van der Waals surface area contributed by atoms with Crippen LogP contribution in [0.3, 0.4) is 0 Å². The zero-order chi connectivity index (χ0) is 48.0. The Morgan fingerprint density at radius 1 is 0.455 bits per heavy atom. The molecule has 9 heteroatoms. The molecule has 6 N–H and O–H groups in total. The van der Waals surface area contributed by atoms with E-state index in [0.29, 0.717) is 12.8 Å². The summed E-state index contributed by atoms with van der Waals surface area (Å²) in [6.07, 6.45) is 50.0. The summed E-state index contributed by atoms with van der Waals surface area (Å²) in [5, 5.41) is 54.6. The van der Waals surface area contributed by atoms with Gasteiger partial charge in [-0.1, -0.05) is 284 Å². The average molecular weight is 941 g/mol. The quantitative estimate of drug-likeness (QED) is 0.0330. The van der Waals surface area contributed by atoms with Crippen molar-refractivity contribution in [3.05, 3.63) is 0 Å². The molecular formula is C57H113NO8. The van der Waals surface area contributed by atoms with Gasteiger partial charge in [0.25, 0.3) is 0 Å². The Bertz CT molecular complexity index is 1000. The fourth-order valence-electron chi connectivity index (χ4n) is 9.81. The van der Waals surface area contributed by atoms with Crippen molar-refractivity contribution in [3.63, 3.8) is 0 Å². The Kier molecular flexibility index (Phi) is 45.8. The van der Waals surface area contributed by atoms with Gasteiger partial charge in [-0.05, 0) is 12.8 Å². The van der Waals surface area contributed by atoms with Crippen LogP contribution < -0.4 is 5.32 Å². The maximum atomic E-state index is 13.0. The third kappa shape index (κ3) is 37.1. The van der Waals surface area contributed by atoms with E-state index >= 15 is 0 Å². The number of aliphatic hydroxyl groups excluding tert-OH is 5. The molecule has 1 saturated heterocycles. The molecule has 394 valence electrons. The van der Waals surface area contributed by atoms with Gasteiger partial charge in [0.2, 0.25) is 5.91 Å². The summed E-state index contributed by atoms with van der Waals surface area (Å²) in [6, 6.07) is -0.713. The first-order chi connectivity index (χ1) is 32.3. The van der Waals surface area contributed by atoms with Crippen LogP contribution in [0.5, 0.6) is 0 Å². The molecule has 0 bridgehead atoms. The number of nitrogens with one attached hydrogen (secondary N) is 1. The van der Waals surface area contributed by atoms with E-state index in [1.165, 1.54) is 238 Å². The number of carbonyl (C=O) groups excluding carboxylic acids is 1. The Hall–Kier alpha value is -0.810. The van der Waals surface area contributed by atoms with Crippen molar-refractivity contribution in [1.82, 2.24) is 5.32 Å². The third-order valence-corrected chi connectivity index (χ3v) is 14.5. The second kappa shape index (κ2) is 47.8. The third-order valence-electron chi connectivity index (χ3n) is 14.5. The van der Waals surface area contributed by atoms with Crippen molar-refractivity contribution >= 4 is 5.91 Å². The van der Waals surface area contributed by atoms with Crippen molar-refractivity contribution in [2.45, 2.75) is 346 Å². The van der Waals surface area contributed by atoms with E-state index in [1.807, 2.05) is 0 Å². The molecule has 1 aliphatic rings. The zero-order valence-corrected chi connectivity index (χ0v) is 43.7. The van der Waals surface area contributed by atoms with Gasteiger partial charge in [-0.2, -0.15) is 0 Å². The molecule has 66 heavy (non-hydrogen) atoms. The van der Waals surface area contributed by atoms with E-state index in [9.17, 15) is 30.3 Å². The largest absolute Gasteiger partial charge is 0.394 e. The van der Waals surface area contributed by atoms with Crippen LogP contribution in [0, 0.1) is 0 Å². The van der Waals surface area contributed by atoms with Crippen LogP contribution in [0.1, 0.15) is 303 Å². The number of ether oxygens (including phenoxy) is 2. The van der Waals surface area contributed by atoms with Gasteiger partial charge in [-0.3, -0.25) is 4.79 Å². The molecule has 1 fully saturated rings. The molecule has 1 amide bonds. The predicted octanol–water partition coefficient (Wildman–Crippen LogP) is 14.2. The number of rotatable bonds is 51. The van der Waals surface area contributed by atoms with Crippen LogP contribution in [0.2, 0.25) is 0 Å². The number of unbranched alkanes of at least 4 members (excludes halogenated alkanes) is 41. The second-order valence-electron chi connectivity index (χ2n) is 20.8. The van der Waals surface area contributed by atoms with Gasteiger partial charge in [0.05, 0.1) is 25.4 Å². The smallest absolute Gasteiger partial charge is 0.220 e. The lowest BCUT2D eigenvalue weighted by molar-refractivity contribution is -0.302. The normalized spacial score (nSPS) is 19.7. The number of amides is 1. The van der Waals surface area contributed by atoms with Crippen molar-refractivity contribution in [2.24, 2.45) is 0 Å². The van der Waals surface area contributed by atoms with Crippen LogP contribution in [0.4, 0.5) is 0 Å².